The van der Waals surface area contributed by atoms with Gasteiger partial charge in [0, 0.05) is 6.07 Å². The van der Waals surface area contributed by atoms with E-state index in [1.165, 1.54) is 6.92 Å². The minimum Gasteiger partial charge on any atom is -0.507 e. The Hall–Kier alpha value is -1.56. The van der Waals surface area contributed by atoms with Crippen LogP contribution in [0.3, 0.4) is 0 Å². The van der Waals surface area contributed by atoms with Gasteiger partial charge in [-0.2, -0.15) is 0 Å². The first kappa shape index (κ1) is 9.97. The summed E-state index contributed by atoms with van der Waals surface area (Å²) in [5.41, 5.74) is -0.0113. The number of Topliss-reactive ketones (excluding diaryl/α,β-unsaturated/α-hetero) is 1. The van der Waals surface area contributed by atoms with Gasteiger partial charge in [-0.3, -0.25) is 4.79 Å². The summed E-state index contributed by atoms with van der Waals surface area (Å²) in [5.74, 6) is -1.00. The van der Waals surface area contributed by atoms with Crippen molar-refractivity contribution in [1.29, 1.82) is 0 Å². The van der Waals surface area contributed by atoms with Crippen molar-refractivity contribution in [1.82, 2.24) is 0 Å². The Bertz CT molecular complexity index is 544. The molecule has 2 rings (SSSR count). The Morgan fingerprint density at radius 2 is 2.13 bits per heavy atom. The molecule has 0 amide bonds. The second-order valence-corrected chi connectivity index (χ2v) is 5.15. The van der Waals surface area contributed by atoms with Crippen LogP contribution in [0.25, 0.3) is 0 Å². The molecule has 0 spiro atoms. The number of sulfone groups is 1. The molecule has 6 heteroatoms. The third-order valence-corrected chi connectivity index (χ3v) is 3.56. The summed E-state index contributed by atoms with van der Waals surface area (Å²) >= 11 is 0. The van der Waals surface area contributed by atoms with Crippen LogP contribution in [-0.2, 0) is 9.84 Å². The van der Waals surface area contributed by atoms with Gasteiger partial charge in [0.05, 0.1) is 5.56 Å². The Kier molecular flexibility index (Phi) is 1.97. The molecule has 1 N–H and O–H groups in total. The summed E-state index contributed by atoms with van der Waals surface area (Å²) < 4.78 is 27.7. The zero-order valence-corrected chi connectivity index (χ0v) is 8.67. The average molecular weight is 228 g/mol. The summed E-state index contributed by atoms with van der Waals surface area (Å²) in [7, 11) is -3.46. The molecular weight excluding hydrogens is 220 g/mol. The highest BCUT2D eigenvalue weighted by molar-refractivity contribution is 7.91. The summed E-state index contributed by atoms with van der Waals surface area (Å²) in [6.45, 7) is 1.25. The fourth-order valence-corrected chi connectivity index (χ4v) is 2.52. The van der Waals surface area contributed by atoms with Gasteiger partial charge in [0.2, 0.25) is 9.84 Å². The van der Waals surface area contributed by atoms with Crippen LogP contribution in [0.1, 0.15) is 17.3 Å². The highest BCUT2D eigenvalue weighted by atomic mass is 32.2. The van der Waals surface area contributed by atoms with Crippen molar-refractivity contribution in [2.24, 2.45) is 0 Å². The first-order chi connectivity index (χ1) is 6.92. The Balaban J connectivity index is 2.73. The first-order valence-corrected chi connectivity index (χ1v) is 5.80. The molecule has 1 aliphatic rings. The molecule has 0 unspecified atom stereocenters. The number of ether oxygens (including phenoxy) is 1. The summed E-state index contributed by atoms with van der Waals surface area (Å²) in [6, 6.07) is 2.30. The molecule has 0 atom stereocenters. The van der Waals surface area contributed by atoms with E-state index in [0.29, 0.717) is 0 Å². The van der Waals surface area contributed by atoms with E-state index in [4.69, 9.17) is 4.74 Å². The summed E-state index contributed by atoms with van der Waals surface area (Å²) in [6.07, 6.45) is 0. The third kappa shape index (κ3) is 1.46. The molecule has 1 aromatic carbocycles. The molecule has 1 aromatic rings. The number of benzene rings is 1. The molecule has 0 saturated carbocycles. The quantitative estimate of drug-likeness (QED) is 0.716. The van der Waals surface area contributed by atoms with Crippen LogP contribution in [0.5, 0.6) is 11.5 Å². The SMILES string of the molecule is CC(=O)c1cc2c(cc1O)OCS2(=O)=O. The highest BCUT2D eigenvalue weighted by Gasteiger charge is 2.30. The van der Waals surface area contributed by atoms with E-state index < -0.39 is 21.6 Å². The number of phenols is 1. The van der Waals surface area contributed by atoms with Crippen LogP contribution in [0.2, 0.25) is 0 Å². The minimum atomic E-state index is -3.46. The number of carbonyl (C=O) groups excluding carboxylic acids is 1. The van der Waals surface area contributed by atoms with Crippen LogP contribution < -0.4 is 4.74 Å². The molecule has 5 nitrogen and oxygen atoms in total. The van der Waals surface area contributed by atoms with E-state index in [9.17, 15) is 18.3 Å². The third-order valence-electron chi connectivity index (χ3n) is 2.15. The first-order valence-electron chi connectivity index (χ1n) is 4.15. The maximum atomic E-state index is 11.4. The largest absolute Gasteiger partial charge is 0.507 e. The number of fused-ring (bicyclic) bond motifs is 1. The van der Waals surface area contributed by atoms with E-state index in [1.807, 2.05) is 0 Å². The zero-order chi connectivity index (χ0) is 11.2. The normalized spacial score (nSPS) is 16.9. The Morgan fingerprint density at radius 1 is 1.47 bits per heavy atom. The van der Waals surface area contributed by atoms with Gasteiger partial charge < -0.3 is 9.84 Å². The number of hydrogen-bond acceptors (Lipinski definition) is 5. The van der Waals surface area contributed by atoms with Gasteiger partial charge in [-0.25, -0.2) is 8.42 Å². The van der Waals surface area contributed by atoms with Gasteiger partial charge in [0.25, 0.3) is 0 Å². The molecule has 1 aliphatic heterocycles. The number of phenolic OH excluding ortho intramolecular Hbond substituents is 1. The van der Waals surface area contributed by atoms with Crippen molar-refractivity contribution in [3.63, 3.8) is 0 Å². The predicted octanol–water partition coefficient (Wildman–Crippen LogP) is 0.718. The highest BCUT2D eigenvalue weighted by Crippen LogP contribution is 2.36. The van der Waals surface area contributed by atoms with Crippen molar-refractivity contribution < 1.29 is 23.1 Å². The maximum Gasteiger partial charge on any atom is 0.216 e. The number of rotatable bonds is 1. The minimum absolute atomic E-state index is 0.0113. The van der Waals surface area contributed by atoms with Gasteiger partial charge in [-0.15, -0.1) is 0 Å². The molecule has 0 fully saturated rings. The number of hydrogen-bond donors (Lipinski definition) is 1. The predicted molar refractivity (Wildman–Crippen MR) is 50.8 cm³/mol. The van der Waals surface area contributed by atoms with Crippen LogP contribution in [0, 0.1) is 0 Å². The lowest BCUT2D eigenvalue weighted by Gasteiger charge is -2.02. The van der Waals surface area contributed by atoms with E-state index in [2.05, 4.69) is 0 Å². The summed E-state index contributed by atoms with van der Waals surface area (Å²) in [5, 5.41) is 9.42. The monoisotopic (exact) mass is 228 g/mol. The molecular formula is C9H8O5S. The smallest absolute Gasteiger partial charge is 0.216 e. The van der Waals surface area contributed by atoms with Crippen molar-refractivity contribution in [3.05, 3.63) is 17.7 Å². The van der Waals surface area contributed by atoms with Gasteiger partial charge in [-0.1, -0.05) is 0 Å². The van der Waals surface area contributed by atoms with Crippen LogP contribution >= 0.6 is 0 Å². The molecule has 1 heterocycles. The lowest BCUT2D eigenvalue weighted by Crippen LogP contribution is -2.02. The molecule has 0 radical (unpaired) electrons. The number of carbonyl (C=O) groups is 1. The fraction of sp³-hybridized carbons (Fsp3) is 0.222. The van der Waals surface area contributed by atoms with E-state index in [-0.39, 0.29) is 22.0 Å². The lowest BCUT2D eigenvalue weighted by molar-refractivity contribution is 0.101. The second-order valence-electron chi connectivity index (χ2n) is 3.25. The molecule has 80 valence electrons. The summed E-state index contributed by atoms with van der Waals surface area (Å²) in [4.78, 5) is 11.0. The van der Waals surface area contributed by atoms with Gasteiger partial charge in [-0.05, 0) is 13.0 Å². The zero-order valence-electron chi connectivity index (χ0n) is 7.85. The molecule has 0 saturated heterocycles. The van der Waals surface area contributed by atoms with E-state index in [1.54, 1.807) is 0 Å². The molecule has 15 heavy (non-hydrogen) atoms. The second kappa shape index (κ2) is 2.96. The molecule has 0 aromatic heterocycles. The van der Waals surface area contributed by atoms with Crippen LogP contribution in [-0.4, -0.2) is 25.2 Å². The van der Waals surface area contributed by atoms with Crippen molar-refractivity contribution in [3.8, 4) is 11.5 Å². The Labute approximate surface area is 86.2 Å². The van der Waals surface area contributed by atoms with Crippen molar-refractivity contribution >= 4 is 15.6 Å². The van der Waals surface area contributed by atoms with Crippen molar-refractivity contribution in [2.45, 2.75) is 11.8 Å². The van der Waals surface area contributed by atoms with Gasteiger partial charge >= 0.3 is 0 Å². The Morgan fingerprint density at radius 3 is 2.73 bits per heavy atom. The van der Waals surface area contributed by atoms with E-state index >= 15 is 0 Å². The molecule has 0 bridgehead atoms. The van der Waals surface area contributed by atoms with E-state index in [0.717, 1.165) is 12.1 Å². The number of ketones is 1. The topological polar surface area (TPSA) is 80.7 Å². The average Bonchev–Trinajstić information content (AvgIpc) is 2.40. The van der Waals surface area contributed by atoms with Crippen molar-refractivity contribution in [2.75, 3.05) is 5.94 Å². The van der Waals surface area contributed by atoms with Gasteiger partial charge in [0.1, 0.15) is 16.4 Å². The van der Waals surface area contributed by atoms with Gasteiger partial charge in [0.15, 0.2) is 11.7 Å². The van der Waals surface area contributed by atoms with Crippen LogP contribution in [0.4, 0.5) is 0 Å². The number of aromatic hydroxyl groups is 1. The maximum absolute atomic E-state index is 11.4. The lowest BCUT2D eigenvalue weighted by atomic mass is 10.1. The standard InChI is InChI=1S/C9H8O5S/c1-5(10)6-2-9-8(3-7(6)11)14-4-15(9,12)13/h2-3,11H,4H2,1H3. The van der Waals surface area contributed by atoms with Crippen LogP contribution in [0.15, 0.2) is 17.0 Å². The molecule has 0 aliphatic carbocycles. The fourth-order valence-electron chi connectivity index (χ4n) is 1.39.